The fraction of sp³-hybridized carbons (Fsp3) is 0.417. The van der Waals surface area contributed by atoms with Gasteiger partial charge in [-0.1, -0.05) is 56.3 Å². The molecule has 0 radical (unpaired) electrons. The molecule has 3 heteroatoms. The van der Waals surface area contributed by atoms with Gasteiger partial charge in [0.2, 0.25) is 6.29 Å². The summed E-state index contributed by atoms with van der Waals surface area (Å²) in [6, 6.07) is 18.6. The monoisotopic (exact) mass is 382 g/mol. The van der Waals surface area contributed by atoms with E-state index in [1.165, 1.54) is 23.5 Å². The molecule has 0 N–H and O–H groups in total. The van der Waals surface area contributed by atoms with E-state index < -0.39 is 0 Å². The lowest BCUT2D eigenvalue weighted by atomic mass is 9.91. The predicted octanol–water partition coefficient (Wildman–Crippen LogP) is 6.97. The third-order valence-corrected chi connectivity index (χ3v) is 5.93. The van der Waals surface area contributed by atoms with E-state index in [1.54, 1.807) is 0 Å². The minimum Gasteiger partial charge on any atom is -0.450 e. The first kappa shape index (κ1) is 19.9. The van der Waals surface area contributed by atoms with E-state index in [4.69, 9.17) is 9.47 Å². The second kappa shape index (κ2) is 10.5. The van der Waals surface area contributed by atoms with Crippen molar-refractivity contribution in [3.63, 3.8) is 0 Å². The summed E-state index contributed by atoms with van der Waals surface area (Å²) in [6.07, 6.45) is 8.91. The molecule has 0 fully saturated rings. The molecule has 144 valence electrons. The fourth-order valence-electron chi connectivity index (χ4n) is 3.41. The second-order valence-electron chi connectivity index (χ2n) is 7.20. The zero-order chi connectivity index (χ0) is 18.9. The van der Waals surface area contributed by atoms with Gasteiger partial charge in [0.25, 0.3) is 0 Å². The standard InChI is InChI=1S/C24H30O2S/c1-3-4-12-20(24-25-22-15-8-9-16-23(22)26-24)18-19(2)11-10-17-27-21-13-6-5-7-14-21/h4-9,12-16,19-20,24H,3,10-11,17-18H2,1-2H3. The summed E-state index contributed by atoms with van der Waals surface area (Å²) >= 11 is 1.95. The van der Waals surface area contributed by atoms with Crippen LogP contribution in [0.25, 0.3) is 0 Å². The largest absolute Gasteiger partial charge is 0.450 e. The van der Waals surface area contributed by atoms with Crippen molar-refractivity contribution in [3.8, 4) is 11.5 Å². The van der Waals surface area contributed by atoms with Crippen molar-refractivity contribution in [1.29, 1.82) is 0 Å². The van der Waals surface area contributed by atoms with Gasteiger partial charge >= 0.3 is 0 Å². The van der Waals surface area contributed by atoms with Gasteiger partial charge in [0.05, 0.1) is 5.92 Å². The lowest BCUT2D eigenvalue weighted by molar-refractivity contribution is 0.00513. The van der Waals surface area contributed by atoms with Crippen LogP contribution in [0.5, 0.6) is 11.5 Å². The summed E-state index contributed by atoms with van der Waals surface area (Å²) in [5, 5.41) is 0. The van der Waals surface area contributed by atoms with Crippen molar-refractivity contribution in [2.45, 2.75) is 50.7 Å². The van der Waals surface area contributed by atoms with Crippen LogP contribution in [-0.2, 0) is 0 Å². The first-order valence-corrected chi connectivity index (χ1v) is 11.0. The van der Waals surface area contributed by atoms with Gasteiger partial charge in [-0.2, -0.15) is 0 Å². The quantitative estimate of drug-likeness (QED) is 0.251. The first-order chi connectivity index (χ1) is 13.3. The van der Waals surface area contributed by atoms with Crippen LogP contribution in [0, 0.1) is 11.8 Å². The predicted molar refractivity (Wildman–Crippen MR) is 115 cm³/mol. The Morgan fingerprint density at radius 2 is 1.67 bits per heavy atom. The Hall–Kier alpha value is -1.87. The van der Waals surface area contributed by atoms with Crippen molar-refractivity contribution in [2.75, 3.05) is 5.75 Å². The molecule has 3 rings (SSSR count). The minimum atomic E-state index is -0.202. The molecular weight excluding hydrogens is 352 g/mol. The molecule has 0 aromatic heterocycles. The van der Waals surface area contributed by atoms with Crippen molar-refractivity contribution < 1.29 is 9.47 Å². The van der Waals surface area contributed by atoms with Crippen LogP contribution in [-0.4, -0.2) is 12.0 Å². The van der Waals surface area contributed by atoms with Gasteiger partial charge in [0.1, 0.15) is 0 Å². The first-order valence-electron chi connectivity index (χ1n) is 10.0. The Kier molecular flexibility index (Phi) is 7.70. The van der Waals surface area contributed by atoms with Crippen molar-refractivity contribution in [2.24, 2.45) is 11.8 Å². The molecule has 0 saturated carbocycles. The maximum Gasteiger partial charge on any atom is 0.247 e. The van der Waals surface area contributed by atoms with Crippen LogP contribution in [0.2, 0.25) is 0 Å². The molecule has 27 heavy (non-hydrogen) atoms. The van der Waals surface area contributed by atoms with Gasteiger partial charge in [0.15, 0.2) is 11.5 Å². The van der Waals surface area contributed by atoms with Crippen LogP contribution in [0.1, 0.15) is 39.5 Å². The number of fused-ring (bicyclic) bond motifs is 1. The molecule has 0 aliphatic carbocycles. The highest BCUT2D eigenvalue weighted by molar-refractivity contribution is 7.99. The molecule has 2 aromatic carbocycles. The molecule has 0 spiro atoms. The number of hydrogen-bond donors (Lipinski definition) is 0. The number of benzene rings is 2. The lowest BCUT2D eigenvalue weighted by Crippen LogP contribution is -2.29. The van der Waals surface area contributed by atoms with Gasteiger partial charge in [-0.05, 0) is 61.6 Å². The molecule has 2 unspecified atom stereocenters. The maximum absolute atomic E-state index is 6.07. The van der Waals surface area contributed by atoms with Gasteiger partial charge in [-0.15, -0.1) is 11.8 Å². The van der Waals surface area contributed by atoms with E-state index in [1.807, 2.05) is 36.0 Å². The Morgan fingerprint density at radius 1 is 1.00 bits per heavy atom. The summed E-state index contributed by atoms with van der Waals surface area (Å²) in [5.41, 5.74) is 0. The third kappa shape index (κ3) is 6.07. The SMILES string of the molecule is CCC=CC(CC(C)CCCSc1ccccc1)C1Oc2ccccc2O1. The highest BCUT2D eigenvalue weighted by Gasteiger charge is 2.31. The Labute approximate surface area is 168 Å². The van der Waals surface area contributed by atoms with Crippen molar-refractivity contribution >= 4 is 11.8 Å². The van der Waals surface area contributed by atoms with E-state index in [0.717, 1.165) is 24.3 Å². The number of ether oxygens (including phenoxy) is 2. The zero-order valence-corrected chi connectivity index (χ0v) is 17.2. The number of rotatable bonds is 10. The molecule has 1 aliphatic heterocycles. The average molecular weight is 383 g/mol. The number of para-hydroxylation sites is 2. The minimum absolute atomic E-state index is 0.202. The molecule has 0 bridgehead atoms. The van der Waals surface area contributed by atoms with Crippen LogP contribution in [0.15, 0.2) is 71.6 Å². The van der Waals surface area contributed by atoms with Crippen molar-refractivity contribution in [1.82, 2.24) is 0 Å². The fourth-order valence-corrected chi connectivity index (χ4v) is 4.30. The Morgan fingerprint density at radius 3 is 2.33 bits per heavy atom. The van der Waals surface area contributed by atoms with E-state index in [0.29, 0.717) is 5.92 Å². The van der Waals surface area contributed by atoms with Gasteiger partial charge in [0, 0.05) is 4.90 Å². The molecule has 2 atom stereocenters. The number of allylic oxidation sites excluding steroid dienone is 1. The number of hydrogen-bond acceptors (Lipinski definition) is 3. The van der Waals surface area contributed by atoms with E-state index in [-0.39, 0.29) is 12.2 Å². The third-order valence-electron chi connectivity index (χ3n) is 4.83. The average Bonchev–Trinajstić information content (AvgIpc) is 3.13. The lowest BCUT2D eigenvalue weighted by Gasteiger charge is -2.23. The highest BCUT2D eigenvalue weighted by Crippen LogP contribution is 2.38. The van der Waals surface area contributed by atoms with Gasteiger partial charge in [-0.3, -0.25) is 0 Å². The topological polar surface area (TPSA) is 18.5 Å². The van der Waals surface area contributed by atoms with Gasteiger partial charge < -0.3 is 9.47 Å². The Bertz CT molecular complexity index is 688. The summed E-state index contributed by atoms with van der Waals surface area (Å²) in [6.45, 7) is 4.52. The van der Waals surface area contributed by atoms with E-state index in [2.05, 4.69) is 56.3 Å². The van der Waals surface area contributed by atoms with Crippen LogP contribution < -0.4 is 9.47 Å². The summed E-state index contributed by atoms with van der Waals surface area (Å²) < 4.78 is 12.1. The van der Waals surface area contributed by atoms with E-state index in [9.17, 15) is 0 Å². The summed E-state index contributed by atoms with van der Waals surface area (Å²) in [4.78, 5) is 1.36. The Balaban J connectivity index is 1.47. The summed E-state index contributed by atoms with van der Waals surface area (Å²) in [7, 11) is 0. The molecule has 2 aromatic rings. The van der Waals surface area contributed by atoms with E-state index >= 15 is 0 Å². The molecule has 0 saturated heterocycles. The van der Waals surface area contributed by atoms with Crippen LogP contribution in [0.4, 0.5) is 0 Å². The number of thioether (sulfide) groups is 1. The maximum atomic E-state index is 6.07. The molecule has 2 nitrogen and oxygen atoms in total. The highest BCUT2D eigenvalue weighted by atomic mass is 32.2. The normalized spacial score (nSPS) is 15.9. The smallest absolute Gasteiger partial charge is 0.247 e. The molecule has 0 amide bonds. The molecular formula is C24H30O2S. The van der Waals surface area contributed by atoms with Crippen molar-refractivity contribution in [3.05, 3.63) is 66.7 Å². The molecule has 1 aliphatic rings. The van der Waals surface area contributed by atoms with Crippen LogP contribution in [0.3, 0.4) is 0 Å². The van der Waals surface area contributed by atoms with Gasteiger partial charge in [-0.25, -0.2) is 0 Å². The second-order valence-corrected chi connectivity index (χ2v) is 8.36. The molecule has 1 heterocycles. The van der Waals surface area contributed by atoms with Crippen LogP contribution >= 0.6 is 11.8 Å². The summed E-state index contributed by atoms with van der Waals surface area (Å²) in [5.74, 6) is 3.83. The zero-order valence-electron chi connectivity index (χ0n) is 16.3.